The number of anilines is 1. The lowest BCUT2D eigenvalue weighted by atomic mass is 10.2. The fourth-order valence-electron chi connectivity index (χ4n) is 2.04. The van der Waals surface area contributed by atoms with Crippen LogP contribution in [-0.2, 0) is 13.0 Å². The number of rotatable bonds is 6. The second kappa shape index (κ2) is 6.31. The number of aromatic nitrogens is 4. The zero-order chi connectivity index (χ0) is 13.7. The molecule has 0 amide bonds. The van der Waals surface area contributed by atoms with Crippen LogP contribution in [0.1, 0.15) is 33.0 Å². The third-order valence-electron chi connectivity index (χ3n) is 2.88. The van der Waals surface area contributed by atoms with Crippen molar-refractivity contribution in [3.05, 3.63) is 24.2 Å². The molecule has 2 heterocycles. The minimum absolute atomic E-state index is 0.839. The molecule has 0 bridgehead atoms. The highest BCUT2D eigenvalue weighted by atomic mass is 15.3. The zero-order valence-electron chi connectivity index (χ0n) is 11.8. The summed E-state index contributed by atoms with van der Waals surface area (Å²) in [6.07, 6.45) is 3.75. The number of hydrogen-bond acceptors (Lipinski definition) is 4. The van der Waals surface area contributed by atoms with E-state index in [-0.39, 0.29) is 0 Å². The summed E-state index contributed by atoms with van der Waals surface area (Å²) in [5, 5.41) is 7.56. The van der Waals surface area contributed by atoms with E-state index < -0.39 is 0 Å². The predicted octanol–water partition coefficient (Wildman–Crippen LogP) is 2.74. The molecule has 2 rings (SSSR count). The second-order valence-electron chi connectivity index (χ2n) is 4.37. The Morgan fingerprint density at radius 3 is 2.74 bits per heavy atom. The first kappa shape index (κ1) is 13.5. The van der Waals surface area contributed by atoms with Crippen molar-refractivity contribution in [1.29, 1.82) is 0 Å². The van der Waals surface area contributed by atoms with Crippen LogP contribution in [0.5, 0.6) is 0 Å². The summed E-state index contributed by atoms with van der Waals surface area (Å²) in [6, 6.07) is 3.99. The van der Waals surface area contributed by atoms with Crippen molar-refractivity contribution in [3.8, 4) is 11.4 Å². The highest BCUT2D eigenvalue weighted by molar-refractivity contribution is 5.58. The van der Waals surface area contributed by atoms with Gasteiger partial charge in [0, 0.05) is 31.8 Å². The van der Waals surface area contributed by atoms with Crippen molar-refractivity contribution >= 4 is 5.82 Å². The first-order chi connectivity index (χ1) is 9.28. The monoisotopic (exact) mass is 259 g/mol. The molecular weight excluding hydrogens is 238 g/mol. The van der Waals surface area contributed by atoms with Gasteiger partial charge in [-0.1, -0.05) is 6.92 Å². The molecule has 0 aromatic carbocycles. The first-order valence-corrected chi connectivity index (χ1v) is 6.92. The Bertz CT molecular complexity index is 508. The summed E-state index contributed by atoms with van der Waals surface area (Å²) in [5.74, 6) is 1.78. The maximum Gasteiger partial charge on any atom is 0.131 e. The van der Waals surface area contributed by atoms with Gasteiger partial charge in [0.25, 0.3) is 0 Å². The Morgan fingerprint density at radius 1 is 1.21 bits per heavy atom. The molecule has 0 aliphatic rings. The van der Waals surface area contributed by atoms with Crippen LogP contribution in [0.15, 0.2) is 18.3 Å². The molecule has 1 N–H and O–H groups in total. The van der Waals surface area contributed by atoms with Crippen LogP contribution in [-0.4, -0.2) is 26.3 Å². The van der Waals surface area contributed by atoms with Gasteiger partial charge in [-0.3, -0.25) is 4.68 Å². The van der Waals surface area contributed by atoms with E-state index in [0.717, 1.165) is 49.0 Å². The molecule has 2 aromatic heterocycles. The maximum absolute atomic E-state index is 4.64. The molecule has 0 spiro atoms. The van der Waals surface area contributed by atoms with Crippen molar-refractivity contribution in [2.75, 3.05) is 11.9 Å². The van der Waals surface area contributed by atoms with Crippen molar-refractivity contribution in [2.24, 2.45) is 0 Å². The van der Waals surface area contributed by atoms with Crippen LogP contribution in [0.2, 0.25) is 0 Å². The molecule has 0 fully saturated rings. The van der Waals surface area contributed by atoms with Gasteiger partial charge < -0.3 is 5.32 Å². The van der Waals surface area contributed by atoms with E-state index in [9.17, 15) is 0 Å². The molecule has 5 nitrogen and oxygen atoms in total. The van der Waals surface area contributed by atoms with Crippen LogP contribution < -0.4 is 5.32 Å². The number of nitrogens with one attached hydrogen (secondary N) is 1. The minimum atomic E-state index is 0.839. The lowest BCUT2D eigenvalue weighted by molar-refractivity contribution is 0.664. The molecule has 0 saturated carbocycles. The van der Waals surface area contributed by atoms with Crippen LogP contribution in [0, 0.1) is 0 Å². The smallest absolute Gasteiger partial charge is 0.131 e. The Balaban J connectivity index is 2.43. The molecule has 2 aromatic rings. The molecular formula is C14H21N5. The summed E-state index contributed by atoms with van der Waals surface area (Å²) in [7, 11) is 0. The fraction of sp³-hybridized carbons (Fsp3) is 0.500. The molecule has 0 atom stereocenters. The van der Waals surface area contributed by atoms with E-state index in [1.807, 2.05) is 23.0 Å². The van der Waals surface area contributed by atoms with Gasteiger partial charge in [-0.15, -0.1) is 0 Å². The lowest BCUT2D eigenvalue weighted by Crippen LogP contribution is -2.06. The van der Waals surface area contributed by atoms with Gasteiger partial charge in [-0.25, -0.2) is 9.97 Å². The standard InChI is InChI=1S/C14H21N5/c1-4-7-13-17-11(10-14(18-13)15-5-2)12-8-9-16-19(12)6-3/h8-10H,4-7H2,1-3H3,(H,15,17,18). The van der Waals surface area contributed by atoms with Crippen molar-refractivity contribution in [1.82, 2.24) is 19.7 Å². The normalized spacial score (nSPS) is 10.7. The average Bonchev–Trinajstić information content (AvgIpc) is 2.87. The number of aryl methyl sites for hydroxylation is 2. The van der Waals surface area contributed by atoms with Gasteiger partial charge in [0.2, 0.25) is 0 Å². The van der Waals surface area contributed by atoms with Gasteiger partial charge >= 0.3 is 0 Å². The summed E-state index contributed by atoms with van der Waals surface area (Å²) >= 11 is 0. The van der Waals surface area contributed by atoms with Gasteiger partial charge in [-0.05, 0) is 26.3 Å². The second-order valence-corrected chi connectivity index (χ2v) is 4.37. The maximum atomic E-state index is 4.64. The molecule has 19 heavy (non-hydrogen) atoms. The van der Waals surface area contributed by atoms with E-state index in [1.165, 1.54) is 0 Å². The predicted molar refractivity (Wildman–Crippen MR) is 77.1 cm³/mol. The number of nitrogens with zero attached hydrogens (tertiary/aromatic N) is 4. The van der Waals surface area contributed by atoms with E-state index >= 15 is 0 Å². The number of hydrogen-bond donors (Lipinski definition) is 1. The molecule has 0 radical (unpaired) electrons. The van der Waals surface area contributed by atoms with Gasteiger partial charge in [-0.2, -0.15) is 5.10 Å². The molecule has 0 unspecified atom stereocenters. The molecule has 0 aliphatic carbocycles. The Morgan fingerprint density at radius 2 is 2.05 bits per heavy atom. The topological polar surface area (TPSA) is 55.6 Å². The molecule has 0 aliphatic heterocycles. The van der Waals surface area contributed by atoms with Gasteiger partial charge in [0.15, 0.2) is 0 Å². The summed E-state index contributed by atoms with van der Waals surface area (Å²) in [5.41, 5.74) is 1.98. The SMILES string of the molecule is CCCc1nc(NCC)cc(-c2ccnn2CC)n1. The van der Waals surface area contributed by atoms with Crippen LogP contribution in [0.4, 0.5) is 5.82 Å². The summed E-state index contributed by atoms with van der Waals surface area (Å²) in [4.78, 5) is 9.17. The first-order valence-electron chi connectivity index (χ1n) is 6.92. The largest absolute Gasteiger partial charge is 0.370 e. The van der Waals surface area contributed by atoms with Crippen LogP contribution in [0.25, 0.3) is 11.4 Å². The minimum Gasteiger partial charge on any atom is -0.370 e. The highest BCUT2D eigenvalue weighted by Gasteiger charge is 2.09. The third-order valence-corrected chi connectivity index (χ3v) is 2.88. The van der Waals surface area contributed by atoms with Gasteiger partial charge in [0.1, 0.15) is 11.6 Å². The molecule has 5 heteroatoms. The zero-order valence-corrected chi connectivity index (χ0v) is 11.8. The fourth-order valence-corrected chi connectivity index (χ4v) is 2.04. The van der Waals surface area contributed by atoms with Crippen LogP contribution >= 0.6 is 0 Å². The van der Waals surface area contributed by atoms with E-state index in [1.54, 1.807) is 0 Å². The molecule has 0 saturated heterocycles. The molecule has 102 valence electrons. The summed E-state index contributed by atoms with van der Waals surface area (Å²) < 4.78 is 1.95. The van der Waals surface area contributed by atoms with Crippen LogP contribution in [0.3, 0.4) is 0 Å². The quantitative estimate of drug-likeness (QED) is 0.866. The average molecular weight is 259 g/mol. The Kier molecular flexibility index (Phi) is 4.49. The van der Waals surface area contributed by atoms with E-state index in [4.69, 9.17) is 0 Å². The van der Waals surface area contributed by atoms with Crippen molar-refractivity contribution in [2.45, 2.75) is 40.2 Å². The highest BCUT2D eigenvalue weighted by Crippen LogP contribution is 2.20. The Labute approximate surface area is 114 Å². The third kappa shape index (κ3) is 3.10. The van der Waals surface area contributed by atoms with Gasteiger partial charge in [0.05, 0.1) is 11.4 Å². The van der Waals surface area contributed by atoms with E-state index in [0.29, 0.717) is 0 Å². The lowest BCUT2D eigenvalue weighted by Gasteiger charge is -2.09. The van der Waals surface area contributed by atoms with Crippen molar-refractivity contribution in [3.63, 3.8) is 0 Å². The Hall–Kier alpha value is -1.91. The van der Waals surface area contributed by atoms with Crippen molar-refractivity contribution < 1.29 is 0 Å². The summed E-state index contributed by atoms with van der Waals surface area (Å²) in [6.45, 7) is 7.98. The van der Waals surface area contributed by atoms with E-state index in [2.05, 4.69) is 41.2 Å².